The molecule has 0 saturated carbocycles. The molecule has 0 radical (unpaired) electrons. The summed E-state index contributed by atoms with van der Waals surface area (Å²) in [6.07, 6.45) is 5.41. The molecular weight excluding hydrogens is 292 g/mol. The van der Waals surface area contributed by atoms with Crippen LogP contribution in [0.2, 0.25) is 0 Å². The summed E-state index contributed by atoms with van der Waals surface area (Å²) in [5.74, 6) is 0.706. The van der Waals surface area contributed by atoms with E-state index < -0.39 is 10.0 Å². The van der Waals surface area contributed by atoms with Crippen LogP contribution in [-0.2, 0) is 10.0 Å². The van der Waals surface area contributed by atoms with Crippen LogP contribution in [0.5, 0.6) is 5.75 Å². The monoisotopic (exact) mass is 310 g/mol. The Bertz CT molecular complexity index is 639. The minimum Gasteiger partial charge on any atom is -0.492 e. The van der Waals surface area contributed by atoms with Crippen molar-refractivity contribution in [1.29, 1.82) is 0 Å². The second kappa shape index (κ2) is 7.19. The molecule has 0 saturated heterocycles. The Hall–Kier alpha value is -1.93. The number of primary sulfonamides is 1. The number of hydrogen-bond acceptors (Lipinski definition) is 5. The van der Waals surface area contributed by atoms with E-state index in [2.05, 4.69) is 15.2 Å². The van der Waals surface area contributed by atoms with Gasteiger partial charge in [0.1, 0.15) is 5.75 Å². The van der Waals surface area contributed by atoms with Crippen molar-refractivity contribution < 1.29 is 13.2 Å². The van der Waals surface area contributed by atoms with Gasteiger partial charge in [-0.15, -0.1) is 0 Å². The lowest BCUT2D eigenvalue weighted by molar-refractivity contribution is 0.305. The van der Waals surface area contributed by atoms with Gasteiger partial charge >= 0.3 is 0 Å². The maximum absolute atomic E-state index is 10.7. The van der Waals surface area contributed by atoms with Gasteiger partial charge in [0.25, 0.3) is 0 Å². The van der Waals surface area contributed by atoms with E-state index in [-0.39, 0.29) is 5.75 Å². The molecule has 0 aliphatic rings. The maximum Gasteiger partial charge on any atom is 0.209 e. The van der Waals surface area contributed by atoms with E-state index in [0.29, 0.717) is 18.8 Å². The summed E-state index contributed by atoms with van der Waals surface area (Å²) < 4.78 is 27.0. The van der Waals surface area contributed by atoms with E-state index in [0.717, 1.165) is 24.2 Å². The quantitative estimate of drug-likeness (QED) is 0.714. The third-order valence-electron chi connectivity index (χ3n) is 2.85. The predicted molar refractivity (Wildman–Crippen MR) is 79.1 cm³/mol. The van der Waals surface area contributed by atoms with E-state index in [1.165, 1.54) is 0 Å². The molecule has 0 spiro atoms. The zero-order chi connectivity index (χ0) is 15.1. The number of hydrogen-bond donors (Lipinski definition) is 2. The molecule has 114 valence electrons. The molecule has 3 N–H and O–H groups in total. The topological polar surface area (TPSA) is 111 Å². The Morgan fingerprint density at radius 2 is 2.05 bits per heavy atom. The second-order valence-electron chi connectivity index (χ2n) is 4.63. The van der Waals surface area contributed by atoms with Crippen molar-refractivity contribution in [3.8, 4) is 17.1 Å². The molecule has 21 heavy (non-hydrogen) atoms. The van der Waals surface area contributed by atoms with Crippen LogP contribution in [-0.4, -0.2) is 36.0 Å². The van der Waals surface area contributed by atoms with Gasteiger partial charge in [-0.3, -0.25) is 10.1 Å². The maximum atomic E-state index is 10.7. The first-order valence-corrected chi connectivity index (χ1v) is 8.35. The highest BCUT2D eigenvalue weighted by Gasteiger charge is 2.03. The average Bonchev–Trinajstić information content (AvgIpc) is 2.96. The van der Waals surface area contributed by atoms with Crippen LogP contribution in [0.4, 0.5) is 0 Å². The highest BCUT2D eigenvalue weighted by Crippen LogP contribution is 2.17. The Kier molecular flexibility index (Phi) is 5.29. The number of H-pyrrole nitrogens is 1. The Balaban J connectivity index is 1.70. The number of rotatable bonds is 8. The largest absolute Gasteiger partial charge is 0.492 e. The van der Waals surface area contributed by atoms with Crippen LogP contribution in [0, 0.1) is 0 Å². The lowest BCUT2D eigenvalue weighted by Crippen LogP contribution is -2.16. The molecule has 2 heterocycles. The first-order chi connectivity index (χ1) is 10.0. The smallest absolute Gasteiger partial charge is 0.209 e. The van der Waals surface area contributed by atoms with Crippen molar-refractivity contribution in [2.45, 2.75) is 19.3 Å². The number of unbranched alkanes of at least 4 members (excludes halogenated alkanes) is 2. The summed E-state index contributed by atoms with van der Waals surface area (Å²) in [4.78, 5) is 4.28. The first-order valence-electron chi connectivity index (χ1n) is 6.64. The molecule has 0 aromatic carbocycles. The van der Waals surface area contributed by atoms with E-state index in [1.807, 2.05) is 18.2 Å². The van der Waals surface area contributed by atoms with Gasteiger partial charge in [0.2, 0.25) is 10.0 Å². The molecule has 7 nitrogen and oxygen atoms in total. The number of aromatic amines is 1. The fraction of sp³-hybridized carbons (Fsp3) is 0.385. The summed E-state index contributed by atoms with van der Waals surface area (Å²) in [6.45, 7) is 0.524. The molecule has 0 atom stereocenters. The van der Waals surface area contributed by atoms with Crippen molar-refractivity contribution in [2.24, 2.45) is 5.14 Å². The van der Waals surface area contributed by atoms with Crippen molar-refractivity contribution >= 4 is 10.0 Å². The van der Waals surface area contributed by atoms with Gasteiger partial charge in [0.15, 0.2) is 0 Å². The number of sulfonamides is 1. The SMILES string of the molecule is NS(=O)(=O)CCCCCOc1ccc(-c2ccn[nH]2)nc1. The van der Waals surface area contributed by atoms with Crippen molar-refractivity contribution in [2.75, 3.05) is 12.4 Å². The Morgan fingerprint density at radius 1 is 1.19 bits per heavy atom. The molecule has 8 heteroatoms. The molecule has 2 aromatic heterocycles. The molecule has 0 fully saturated rings. The van der Waals surface area contributed by atoms with E-state index in [1.54, 1.807) is 12.4 Å². The molecule has 2 aromatic rings. The van der Waals surface area contributed by atoms with Gasteiger partial charge in [0, 0.05) is 6.20 Å². The second-order valence-corrected chi connectivity index (χ2v) is 6.36. The number of ether oxygens (including phenoxy) is 1. The summed E-state index contributed by atoms with van der Waals surface area (Å²) in [6, 6.07) is 5.53. The zero-order valence-corrected chi connectivity index (χ0v) is 12.3. The molecule has 0 aliphatic carbocycles. The van der Waals surface area contributed by atoms with Crippen LogP contribution in [0.1, 0.15) is 19.3 Å². The number of nitrogens with two attached hydrogens (primary N) is 1. The Morgan fingerprint density at radius 3 is 2.67 bits per heavy atom. The third-order valence-corrected chi connectivity index (χ3v) is 3.71. The summed E-state index contributed by atoms with van der Waals surface area (Å²) in [5.41, 5.74) is 1.65. The highest BCUT2D eigenvalue weighted by molar-refractivity contribution is 7.89. The molecule has 0 aliphatic heterocycles. The lowest BCUT2D eigenvalue weighted by Gasteiger charge is -2.06. The van der Waals surface area contributed by atoms with Gasteiger partial charge in [-0.2, -0.15) is 5.10 Å². The van der Waals surface area contributed by atoms with Crippen LogP contribution in [0.25, 0.3) is 11.4 Å². The van der Waals surface area contributed by atoms with Gasteiger partial charge in [-0.25, -0.2) is 13.6 Å². The van der Waals surface area contributed by atoms with Gasteiger partial charge < -0.3 is 4.74 Å². The summed E-state index contributed by atoms with van der Waals surface area (Å²) in [5, 5.41) is 11.6. The first kappa shape index (κ1) is 15.5. The van der Waals surface area contributed by atoms with E-state index >= 15 is 0 Å². The van der Waals surface area contributed by atoms with Gasteiger partial charge in [0.05, 0.1) is 29.9 Å². The molecule has 2 rings (SSSR count). The third kappa shape index (κ3) is 5.52. The average molecular weight is 310 g/mol. The predicted octanol–water partition coefficient (Wildman–Crippen LogP) is 1.31. The van der Waals surface area contributed by atoms with E-state index in [4.69, 9.17) is 9.88 Å². The zero-order valence-electron chi connectivity index (χ0n) is 11.5. The number of nitrogens with zero attached hydrogens (tertiary/aromatic N) is 2. The summed E-state index contributed by atoms with van der Waals surface area (Å²) in [7, 11) is -3.35. The summed E-state index contributed by atoms with van der Waals surface area (Å²) >= 11 is 0. The lowest BCUT2D eigenvalue weighted by atomic mass is 10.2. The van der Waals surface area contributed by atoms with Gasteiger partial charge in [-0.1, -0.05) is 0 Å². The fourth-order valence-corrected chi connectivity index (χ4v) is 2.40. The van der Waals surface area contributed by atoms with Crippen LogP contribution < -0.4 is 9.88 Å². The normalized spacial score (nSPS) is 11.5. The van der Waals surface area contributed by atoms with Crippen LogP contribution in [0.15, 0.2) is 30.6 Å². The molecule has 0 bridgehead atoms. The standard InChI is InChI=1S/C13H18N4O3S/c14-21(18,19)9-3-1-2-8-20-11-4-5-12(15-10-11)13-6-7-16-17-13/h4-7,10H,1-3,8-9H2,(H,16,17)(H2,14,18,19). The van der Waals surface area contributed by atoms with Crippen molar-refractivity contribution in [1.82, 2.24) is 15.2 Å². The molecular formula is C13H18N4O3S. The van der Waals surface area contributed by atoms with Crippen molar-refractivity contribution in [3.05, 3.63) is 30.6 Å². The Labute approximate surface area is 123 Å². The van der Waals surface area contributed by atoms with Crippen molar-refractivity contribution in [3.63, 3.8) is 0 Å². The molecule has 0 amide bonds. The van der Waals surface area contributed by atoms with E-state index in [9.17, 15) is 8.42 Å². The number of aromatic nitrogens is 3. The molecule has 0 unspecified atom stereocenters. The minimum atomic E-state index is -3.35. The fourth-order valence-electron chi connectivity index (χ4n) is 1.80. The minimum absolute atomic E-state index is 0.0213. The van der Waals surface area contributed by atoms with Crippen LogP contribution >= 0.6 is 0 Å². The van der Waals surface area contributed by atoms with Gasteiger partial charge in [-0.05, 0) is 37.5 Å². The highest BCUT2D eigenvalue weighted by atomic mass is 32.2. The van der Waals surface area contributed by atoms with Crippen LogP contribution in [0.3, 0.4) is 0 Å². The number of pyridine rings is 1. The number of nitrogens with one attached hydrogen (secondary N) is 1.